The van der Waals surface area contributed by atoms with E-state index in [0.29, 0.717) is 23.5 Å². The molecule has 1 aromatic heterocycles. The molecule has 8 heteroatoms. The number of nitrogens with one attached hydrogen (secondary N) is 1. The molecule has 1 atom stereocenters. The summed E-state index contributed by atoms with van der Waals surface area (Å²) in [6.07, 6.45) is 4.65. The van der Waals surface area contributed by atoms with Gasteiger partial charge in [0.25, 0.3) is 0 Å². The van der Waals surface area contributed by atoms with Crippen LogP contribution in [0.4, 0.5) is 0 Å². The molecule has 2 rings (SSSR count). The van der Waals surface area contributed by atoms with Gasteiger partial charge in [0.05, 0.1) is 11.8 Å². The van der Waals surface area contributed by atoms with Gasteiger partial charge in [-0.25, -0.2) is 4.68 Å². The summed E-state index contributed by atoms with van der Waals surface area (Å²) in [5.74, 6) is 0.314. The van der Waals surface area contributed by atoms with E-state index in [0.717, 1.165) is 12.8 Å². The summed E-state index contributed by atoms with van der Waals surface area (Å²) in [5, 5.41) is 24.1. The van der Waals surface area contributed by atoms with E-state index in [2.05, 4.69) is 20.8 Å². The van der Waals surface area contributed by atoms with Crippen LogP contribution in [-0.2, 0) is 4.79 Å². The second-order valence-electron chi connectivity index (χ2n) is 5.22. The van der Waals surface area contributed by atoms with Crippen molar-refractivity contribution in [2.75, 3.05) is 18.9 Å². The molecule has 1 amide bonds. The zero-order valence-corrected chi connectivity index (χ0v) is 12.5. The molecule has 1 fully saturated rings. The van der Waals surface area contributed by atoms with Crippen molar-refractivity contribution >= 4 is 17.7 Å². The summed E-state index contributed by atoms with van der Waals surface area (Å²) >= 11 is 1.36. The lowest BCUT2D eigenvalue weighted by Crippen LogP contribution is -2.30. The molecule has 112 valence electrons. The molecule has 0 spiro atoms. The lowest BCUT2D eigenvalue weighted by molar-refractivity contribution is -0.118. The molecule has 0 unspecified atom stereocenters. The standard InChI is InChI=1S/C12H21N5O2S/c1-9(7-18)6-13-11(19)8-20-12-14-15-16-17(12)10-4-2-3-5-10/h9-10,18H,2-8H2,1H3,(H,13,19)/t9-/m1/s1. The third kappa shape index (κ3) is 4.17. The second kappa shape index (κ2) is 7.58. The van der Waals surface area contributed by atoms with E-state index >= 15 is 0 Å². The molecule has 2 N–H and O–H groups in total. The molecular weight excluding hydrogens is 278 g/mol. The Hall–Kier alpha value is -1.15. The van der Waals surface area contributed by atoms with E-state index in [1.807, 2.05) is 11.6 Å². The zero-order chi connectivity index (χ0) is 14.4. The highest BCUT2D eigenvalue weighted by Crippen LogP contribution is 2.31. The molecule has 1 saturated carbocycles. The molecule has 0 aliphatic heterocycles. The fourth-order valence-corrected chi connectivity index (χ4v) is 2.97. The Balaban J connectivity index is 1.79. The average Bonchev–Trinajstić information content (AvgIpc) is 3.12. The molecule has 0 bridgehead atoms. The van der Waals surface area contributed by atoms with Crippen molar-refractivity contribution < 1.29 is 9.90 Å². The van der Waals surface area contributed by atoms with E-state index < -0.39 is 0 Å². The van der Waals surface area contributed by atoms with Crippen LogP contribution in [-0.4, -0.2) is 50.1 Å². The predicted molar refractivity (Wildman–Crippen MR) is 75.3 cm³/mol. The number of aliphatic hydroxyl groups excluding tert-OH is 1. The van der Waals surface area contributed by atoms with Crippen LogP contribution in [0.3, 0.4) is 0 Å². The van der Waals surface area contributed by atoms with Crippen molar-refractivity contribution in [1.82, 2.24) is 25.5 Å². The van der Waals surface area contributed by atoms with Gasteiger partial charge in [-0.3, -0.25) is 4.79 Å². The smallest absolute Gasteiger partial charge is 0.230 e. The van der Waals surface area contributed by atoms with Crippen LogP contribution in [0, 0.1) is 5.92 Å². The first-order valence-corrected chi connectivity index (χ1v) is 7.97. The third-order valence-corrected chi connectivity index (χ3v) is 4.36. The van der Waals surface area contributed by atoms with E-state index in [9.17, 15) is 4.79 Å². The Morgan fingerprint density at radius 2 is 2.30 bits per heavy atom. The average molecular weight is 299 g/mol. The molecule has 20 heavy (non-hydrogen) atoms. The van der Waals surface area contributed by atoms with Crippen LogP contribution >= 0.6 is 11.8 Å². The fourth-order valence-electron chi connectivity index (χ4n) is 2.19. The van der Waals surface area contributed by atoms with Crippen molar-refractivity contribution in [1.29, 1.82) is 0 Å². The number of hydrogen-bond donors (Lipinski definition) is 2. The molecule has 0 radical (unpaired) electrons. The summed E-state index contributed by atoms with van der Waals surface area (Å²) in [6.45, 7) is 2.45. The Kier molecular flexibility index (Phi) is 5.78. The van der Waals surface area contributed by atoms with Gasteiger partial charge in [-0.2, -0.15) is 0 Å². The van der Waals surface area contributed by atoms with Crippen molar-refractivity contribution in [2.45, 2.75) is 43.8 Å². The Morgan fingerprint density at radius 3 is 3.00 bits per heavy atom. The van der Waals surface area contributed by atoms with Gasteiger partial charge in [-0.15, -0.1) is 5.10 Å². The van der Waals surface area contributed by atoms with E-state index in [4.69, 9.17) is 5.11 Å². The van der Waals surface area contributed by atoms with Crippen LogP contribution in [0.2, 0.25) is 0 Å². The highest BCUT2D eigenvalue weighted by molar-refractivity contribution is 7.99. The quantitative estimate of drug-likeness (QED) is 0.717. The first-order valence-electron chi connectivity index (χ1n) is 6.99. The Morgan fingerprint density at radius 1 is 1.55 bits per heavy atom. The minimum atomic E-state index is -0.0590. The topological polar surface area (TPSA) is 92.9 Å². The number of rotatable bonds is 7. The monoisotopic (exact) mass is 299 g/mol. The number of amides is 1. The van der Waals surface area contributed by atoms with Crippen LogP contribution < -0.4 is 5.32 Å². The fraction of sp³-hybridized carbons (Fsp3) is 0.833. The Labute approximate surface area is 122 Å². The van der Waals surface area contributed by atoms with Crippen LogP contribution in [0.1, 0.15) is 38.6 Å². The first kappa shape index (κ1) is 15.2. The van der Waals surface area contributed by atoms with Crippen molar-refractivity contribution in [3.05, 3.63) is 0 Å². The highest BCUT2D eigenvalue weighted by Gasteiger charge is 2.22. The third-order valence-electron chi connectivity index (χ3n) is 3.42. The maximum absolute atomic E-state index is 11.7. The largest absolute Gasteiger partial charge is 0.396 e. The van der Waals surface area contributed by atoms with Gasteiger partial charge < -0.3 is 10.4 Å². The lowest BCUT2D eigenvalue weighted by atomic mass is 10.2. The predicted octanol–water partition coefficient (Wildman–Crippen LogP) is 0.625. The van der Waals surface area contributed by atoms with E-state index in [-0.39, 0.29) is 18.4 Å². The van der Waals surface area contributed by atoms with E-state index in [1.54, 1.807) is 0 Å². The van der Waals surface area contributed by atoms with Crippen LogP contribution in [0.15, 0.2) is 5.16 Å². The maximum atomic E-state index is 11.7. The summed E-state index contributed by atoms with van der Waals surface area (Å²) < 4.78 is 1.85. The molecule has 1 aromatic rings. The number of aliphatic hydroxyl groups is 1. The highest BCUT2D eigenvalue weighted by atomic mass is 32.2. The molecule has 0 aromatic carbocycles. The summed E-state index contributed by atoms with van der Waals surface area (Å²) in [5.41, 5.74) is 0. The minimum Gasteiger partial charge on any atom is -0.396 e. The summed E-state index contributed by atoms with van der Waals surface area (Å²) in [6, 6.07) is 0.380. The molecule has 1 aliphatic rings. The second-order valence-corrected chi connectivity index (χ2v) is 6.17. The first-order chi connectivity index (χ1) is 9.70. The summed E-state index contributed by atoms with van der Waals surface area (Å²) in [4.78, 5) is 11.7. The minimum absolute atomic E-state index is 0.0590. The van der Waals surface area contributed by atoms with Gasteiger partial charge in [0.1, 0.15) is 0 Å². The molecule has 0 saturated heterocycles. The maximum Gasteiger partial charge on any atom is 0.230 e. The van der Waals surface area contributed by atoms with Gasteiger partial charge in [-0.1, -0.05) is 31.5 Å². The molecule has 1 aliphatic carbocycles. The van der Waals surface area contributed by atoms with Gasteiger partial charge in [0.2, 0.25) is 11.1 Å². The Bertz CT molecular complexity index is 433. The number of hydrogen-bond acceptors (Lipinski definition) is 6. The number of thioether (sulfide) groups is 1. The van der Waals surface area contributed by atoms with Gasteiger partial charge in [0, 0.05) is 13.2 Å². The van der Waals surface area contributed by atoms with Gasteiger partial charge in [-0.05, 0) is 29.2 Å². The van der Waals surface area contributed by atoms with Crippen molar-refractivity contribution in [3.63, 3.8) is 0 Å². The van der Waals surface area contributed by atoms with Crippen LogP contribution in [0.25, 0.3) is 0 Å². The summed E-state index contributed by atoms with van der Waals surface area (Å²) in [7, 11) is 0. The number of carbonyl (C=O) groups is 1. The van der Waals surface area contributed by atoms with Gasteiger partial charge in [0.15, 0.2) is 0 Å². The zero-order valence-electron chi connectivity index (χ0n) is 11.7. The van der Waals surface area contributed by atoms with Gasteiger partial charge >= 0.3 is 0 Å². The molecule has 1 heterocycles. The number of aromatic nitrogens is 4. The van der Waals surface area contributed by atoms with Crippen LogP contribution in [0.5, 0.6) is 0 Å². The van der Waals surface area contributed by atoms with Crippen molar-refractivity contribution in [3.8, 4) is 0 Å². The van der Waals surface area contributed by atoms with Crippen molar-refractivity contribution in [2.24, 2.45) is 5.92 Å². The molecular formula is C12H21N5O2S. The SMILES string of the molecule is C[C@@H](CO)CNC(=O)CSc1nnnn1C1CCCC1. The normalized spacial score (nSPS) is 17.3. The van der Waals surface area contributed by atoms with E-state index in [1.165, 1.54) is 24.6 Å². The lowest BCUT2D eigenvalue weighted by Gasteiger charge is -2.11. The number of carbonyl (C=O) groups excluding carboxylic acids is 1. The number of tetrazole rings is 1. The number of nitrogens with zero attached hydrogens (tertiary/aromatic N) is 4. The molecule has 7 nitrogen and oxygen atoms in total.